The monoisotopic (exact) mass is 353 g/mol. The van der Waals surface area contributed by atoms with Crippen LogP contribution in [0.25, 0.3) is 5.69 Å². The number of carboxylic acids is 1. The second-order valence-corrected chi connectivity index (χ2v) is 5.46. The van der Waals surface area contributed by atoms with Crippen LogP contribution in [0.4, 0.5) is 5.69 Å². The number of nitro groups is 1. The van der Waals surface area contributed by atoms with Crippen molar-refractivity contribution in [3.05, 3.63) is 50.2 Å². The van der Waals surface area contributed by atoms with Gasteiger partial charge >= 0.3 is 5.97 Å². The third-order valence-electron chi connectivity index (χ3n) is 2.92. The van der Waals surface area contributed by atoms with Crippen LogP contribution in [0, 0.1) is 10.1 Å². The lowest BCUT2D eigenvalue weighted by Crippen LogP contribution is -2.07. The molecule has 2 aromatic rings. The Morgan fingerprint density at radius 1 is 1.43 bits per heavy atom. The molecule has 1 heterocycles. The zero-order valence-electron chi connectivity index (χ0n) is 11.3. The summed E-state index contributed by atoms with van der Waals surface area (Å²) in [5, 5.41) is 24.3. The first-order valence-corrected chi connectivity index (χ1v) is 6.89. The van der Waals surface area contributed by atoms with Gasteiger partial charge in [-0.3, -0.25) is 10.1 Å². The summed E-state index contributed by atoms with van der Waals surface area (Å²) in [7, 11) is 0. The molecule has 21 heavy (non-hydrogen) atoms. The number of carbonyl (C=O) groups is 1. The van der Waals surface area contributed by atoms with Crippen LogP contribution < -0.4 is 0 Å². The highest BCUT2D eigenvalue weighted by molar-refractivity contribution is 9.10. The van der Waals surface area contributed by atoms with E-state index in [9.17, 15) is 20.0 Å². The molecule has 0 bridgehead atoms. The molecular formula is C13H12BrN3O4. The highest BCUT2D eigenvalue weighted by Crippen LogP contribution is 2.33. The number of hydrogen-bond donors (Lipinski definition) is 1. The molecule has 0 saturated carbocycles. The third kappa shape index (κ3) is 2.66. The number of carboxylic acid groups (broad SMARTS) is 1. The summed E-state index contributed by atoms with van der Waals surface area (Å²) in [6.07, 6.45) is 0. The number of halogens is 1. The van der Waals surface area contributed by atoms with Crippen LogP contribution in [-0.2, 0) is 0 Å². The van der Waals surface area contributed by atoms with Crippen molar-refractivity contribution in [1.29, 1.82) is 0 Å². The van der Waals surface area contributed by atoms with Gasteiger partial charge in [0.2, 0.25) is 0 Å². The van der Waals surface area contributed by atoms with Crippen LogP contribution in [0.5, 0.6) is 0 Å². The van der Waals surface area contributed by atoms with Crippen molar-refractivity contribution in [2.24, 2.45) is 0 Å². The van der Waals surface area contributed by atoms with Crippen LogP contribution in [-0.4, -0.2) is 25.8 Å². The summed E-state index contributed by atoms with van der Waals surface area (Å²) in [4.78, 5) is 21.8. The molecule has 1 aromatic heterocycles. The largest absolute Gasteiger partial charge is 0.476 e. The number of hydrogen-bond acceptors (Lipinski definition) is 4. The molecule has 2 rings (SSSR count). The predicted octanol–water partition coefficient (Wildman–Crippen LogP) is 3.36. The fourth-order valence-corrected chi connectivity index (χ4v) is 2.90. The van der Waals surface area contributed by atoms with E-state index in [0.29, 0.717) is 10.2 Å². The van der Waals surface area contributed by atoms with E-state index in [1.165, 1.54) is 16.8 Å². The van der Waals surface area contributed by atoms with E-state index in [4.69, 9.17) is 0 Å². The summed E-state index contributed by atoms with van der Waals surface area (Å²) < 4.78 is 1.65. The normalized spacial score (nSPS) is 10.9. The van der Waals surface area contributed by atoms with E-state index in [1.54, 1.807) is 12.1 Å². The second kappa shape index (κ2) is 5.65. The fraction of sp³-hybridized carbons (Fsp3) is 0.231. The van der Waals surface area contributed by atoms with Crippen molar-refractivity contribution in [1.82, 2.24) is 9.78 Å². The van der Waals surface area contributed by atoms with Gasteiger partial charge in [0.15, 0.2) is 5.69 Å². The average molecular weight is 354 g/mol. The van der Waals surface area contributed by atoms with E-state index in [0.717, 1.165) is 0 Å². The number of para-hydroxylation sites is 2. The van der Waals surface area contributed by atoms with Gasteiger partial charge in [-0.1, -0.05) is 26.0 Å². The first-order chi connectivity index (χ1) is 9.84. The van der Waals surface area contributed by atoms with Gasteiger partial charge in [-0.25, -0.2) is 9.48 Å². The van der Waals surface area contributed by atoms with Gasteiger partial charge in [-0.05, 0) is 27.9 Å². The Morgan fingerprint density at radius 2 is 2.05 bits per heavy atom. The van der Waals surface area contributed by atoms with Gasteiger partial charge in [0.25, 0.3) is 5.69 Å². The molecule has 1 aromatic carbocycles. The minimum Gasteiger partial charge on any atom is -0.476 e. The number of nitrogens with zero attached hydrogens (tertiary/aromatic N) is 3. The maximum absolute atomic E-state index is 11.2. The van der Waals surface area contributed by atoms with Gasteiger partial charge in [0.1, 0.15) is 5.69 Å². The molecule has 0 amide bonds. The van der Waals surface area contributed by atoms with Gasteiger partial charge in [-0.15, -0.1) is 0 Å². The molecule has 0 spiro atoms. The molecule has 110 valence electrons. The van der Waals surface area contributed by atoms with E-state index in [1.807, 2.05) is 13.8 Å². The molecule has 0 fully saturated rings. The summed E-state index contributed by atoms with van der Waals surface area (Å²) in [6, 6.07) is 6.08. The Balaban J connectivity index is 2.78. The highest BCUT2D eigenvalue weighted by atomic mass is 79.9. The maximum Gasteiger partial charge on any atom is 0.357 e. The Morgan fingerprint density at radius 3 is 2.57 bits per heavy atom. The Hall–Kier alpha value is -2.22. The lowest BCUT2D eigenvalue weighted by molar-refractivity contribution is -0.384. The fourth-order valence-electron chi connectivity index (χ4n) is 2.03. The second-order valence-electron chi connectivity index (χ2n) is 4.67. The van der Waals surface area contributed by atoms with Crippen molar-refractivity contribution < 1.29 is 14.8 Å². The van der Waals surface area contributed by atoms with E-state index in [2.05, 4.69) is 21.0 Å². The van der Waals surface area contributed by atoms with E-state index >= 15 is 0 Å². The van der Waals surface area contributed by atoms with Crippen molar-refractivity contribution >= 4 is 27.6 Å². The molecule has 8 heteroatoms. The van der Waals surface area contributed by atoms with Crippen LogP contribution in [0.3, 0.4) is 0 Å². The molecule has 0 aliphatic heterocycles. The standard InChI is InChI=1S/C13H12BrN3O4/c1-7(2)12-10(14)11(13(18)19)15-16(12)8-5-3-4-6-9(8)17(20)21/h3-7H,1-2H3,(H,18,19). The molecule has 0 atom stereocenters. The smallest absolute Gasteiger partial charge is 0.357 e. The average Bonchev–Trinajstić information content (AvgIpc) is 2.76. The van der Waals surface area contributed by atoms with Gasteiger partial charge in [0, 0.05) is 6.07 Å². The molecule has 0 radical (unpaired) electrons. The molecule has 0 aliphatic carbocycles. The number of benzene rings is 1. The van der Waals surface area contributed by atoms with E-state index < -0.39 is 10.9 Å². The zero-order chi connectivity index (χ0) is 15.7. The molecule has 0 unspecified atom stereocenters. The Bertz CT molecular complexity index is 724. The Labute approximate surface area is 128 Å². The highest BCUT2D eigenvalue weighted by Gasteiger charge is 2.26. The van der Waals surface area contributed by atoms with Crippen LogP contribution >= 0.6 is 15.9 Å². The van der Waals surface area contributed by atoms with Gasteiger partial charge in [-0.2, -0.15) is 5.10 Å². The van der Waals surface area contributed by atoms with E-state index in [-0.39, 0.29) is 23.0 Å². The third-order valence-corrected chi connectivity index (χ3v) is 3.70. The van der Waals surface area contributed by atoms with Gasteiger partial charge < -0.3 is 5.11 Å². The van der Waals surface area contributed by atoms with Crippen LogP contribution in [0.15, 0.2) is 28.7 Å². The van der Waals surface area contributed by atoms with Crippen molar-refractivity contribution in [3.63, 3.8) is 0 Å². The molecule has 0 saturated heterocycles. The molecule has 0 aliphatic rings. The minimum absolute atomic E-state index is 0.0696. The number of aromatic carboxylic acids is 1. The topological polar surface area (TPSA) is 98.3 Å². The zero-order valence-corrected chi connectivity index (χ0v) is 12.9. The molecule has 1 N–H and O–H groups in total. The first-order valence-electron chi connectivity index (χ1n) is 6.10. The number of rotatable bonds is 4. The summed E-state index contributed by atoms with van der Waals surface area (Å²) in [5.41, 5.74) is 0.504. The van der Waals surface area contributed by atoms with Crippen LogP contribution in [0.1, 0.15) is 35.9 Å². The molecule has 7 nitrogen and oxygen atoms in total. The van der Waals surface area contributed by atoms with Crippen molar-refractivity contribution in [3.8, 4) is 5.69 Å². The van der Waals surface area contributed by atoms with Crippen molar-refractivity contribution in [2.45, 2.75) is 19.8 Å². The minimum atomic E-state index is -1.19. The molecular weight excluding hydrogens is 342 g/mol. The lowest BCUT2D eigenvalue weighted by Gasteiger charge is -2.10. The summed E-state index contributed by atoms with van der Waals surface area (Å²) in [5.74, 6) is -1.26. The Kier molecular flexibility index (Phi) is 4.08. The number of nitro benzene ring substituents is 1. The van der Waals surface area contributed by atoms with Crippen LogP contribution in [0.2, 0.25) is 0 Å². The van der Waals surface area contributed by atoms with Gasteiger partial charge in [0.05, 0.1) is 15.1 Å². The first kappa shape index (κ1) is 15.2. The lowest BCUT2D eigenvalue weighted by atomic mass is 10.1. The summed E-state index contributed by atoms with van der Waals surface area (Å²) >= 11 is 3.23. The SMILES string of the molecule is CC(C)c1c(Br)c(C(=O)O)nn1-c1ccccc1[N+](=O)[O-]. The van der Waals surface area contributed by atoms with Crippen molar-refractivity contribution in [2.75, 3.05) is 0 Å². The maximum atomic E-state index is 11.2. The quantitative estimate of drug-likeness (QED) is 0.671. The summed E-state index contributed by atoms with van der Waals surface area (Å²) in [6.45, 7) is 3.72. The predicted molar refractivity (Wildman–Crippen MR) is 79.0 cm³/mol. The number of aromatic nitrogens is 2.